The molecule has 0 spiro atoms. The third-order valence-corrected chi connectivity index (χ3v) is 2.50. The van der Waals surface area contributed by atoms with Crippen LogP contribution in [0.5, 0.6) is 0 Å². The minimum atomic E-state index is 0.337. The third kappa shape index (κ3) is 9.95. The van der Waals surface area contributed by atoms with Crippen molar-refractivity contribution in [3.63, 3.8) is 0 Å². The molecule has 82 valence electrons. The minimum Gasteiger partial charge on any atom is -0.378 e. The molecule has 0 aliphatic carbocycles. The summed E-state index contributed by atoms with van der Waals surface area (Å²) in [4.78, 5) is 0. The molecule has 0 heterocycles. The average Bonchev–Trinajstić information content (AvgIpc) is 2.08. The molecule has 0 fully saturated rings. The molecule has 1 nitrogen and oxygen atoms in total. The van der Waals surface area contributed by atoms with Crippen LogP contribution in [-0.4, -0.2) is 18.5 Å². The van der Waals surface area contributed by atoms with Gasteiger partial charge in [0.2, 0.25) is 0 Å². The Kier molecular flexibility index (Phi) is 8.12. The highest BCUT2D eigenvalue weighted by Gasteiger charge is 2.02. The van der Waals surface area contributed by atoms with E-state index in [1.54, 1.807) is 11.8 Å². The molecule has 0 aliphatic heterocycles. The van der Waals surface area contributed by atoms with E-state index in [1.165, 1.54) is 0 Å². The maximum atomic E-state index is 5.52. The van der Waals surface area contributed by atoms with Crippen LogP contribution in [0, 0.1) is 23.0 Å². The summed E-state index contributed by atoms with van der Waals surface area (Å²) in [6, 6.07) is 0. The lowest BCUT2D eigenvalue weighted by molar-refractivity contribution is 0.0603. The first-order valence-electron chi connectivity index (χ1n) is 5.26. The van der Waals surface area contributed by atoms with Crippen LogP contribution >= 0.6 is 11.8 Å². The van der Waals surface area contributed by atoms with Crippen LogP contribution in [0.1, 0.15) is 34.6 Å². The zero-order valence-electron chi connectivity index (χ0n) is 9.96. The van der Waals surface area contributed by atoms with E-state index in [-0.39, 0.29) is 0 Å². The van der Waals surface area contributed by atoms with Gasteiger partial charge in [0, 0.05) is 11.7 Å². The van der Waals surface area contributed by atoms with Gasteiger partial charge in [0.1, 0.15) is 0 Å². The van der Waals surface area contributed by atoms with Gasteiger partial charge in [-0.25, -0.2) is 0 Å². The second kappa shape index (κ2) is 8.20. The Labute approximate surface area is 93.0 Å². The normalized spacial score (nSPS) is 12.8. The summed E-state index contributed by atoms with van der Waals surface area (Å²) < 4.78 is 5.52. The Balaban J connectivity index is 3.46. The minimum absolute atomic E-state index is 0.337. The van der Waals surface area contributed by atoms with Gasteiger partial charge in [-0.3, -0.25) is 0 Å². The van der Waals surface area contributed by atoms with Crippen molar-refractivity contribution in [3.8, 4) is 11.2 Å². The van der Waals surface area contributed by atoms with E-state index in [9.17, 15) is 0 Å². The van der Waals surface area contributed by atoms with Crippen molar-refractivity contribution in [1.82, 2.24) is 0 Å². The first-order valence-corrected chi connectivity index (χ1v) is 6.24. The molecule has 0 aromatic heterocycles. The van der Waals surface area contributed by atoms with Crippen LogP contribution in [0.3, 0.4) is 0 Å². The van der Waals surface area contributed by atoms with Crippen molar-refractivity contribution in [2.75, 3.05) is 12.4 Å². The second-order valence-electron chi connectivity index (χ2n) is 4.20. The van der Waals surface area contributed by atoms with Crippen molar-refractivity contribution in [2.24, 2.45) is 11.8 Å². The molecule has 14 heavy (non-hydrogen) atoms. The van der Waals surface area contributed by atoms with Crippen LogP contribution in [0.4, 0.5) is 0 Å². The number of rotatable bonds is 5. The molecular weight excluding hydrogens is 192 g/mol. The maximum absolute atomic E-state index is 5.52. The Hall–Kier alpha value is -0.130. The quantitative estimate of drug-likeness (QED) is 0.649. The SMILES string of the molecule is CC(C)C#CSCC(C)COC(C)C. The predicted molar refractivity (Wildman–Crippen MR) is 65.3 cm³/mol. The Morgan fingerprint density at radius 1 is 1.14 bits per heavy atom. The highest BCUT2D eigenvalue weighted by molar-refractivity contribution is 8.03. The number of hydrogen-bond donors (Lipinski definition) is 0. The summed E-state index contributed by atoms with van der Waals surface area (Å²) >= 11 is 1.70. The summed E-state index contributed by atoms with van der Waals surface area (Å²) in [5.41, 5.74) is 0. The molecule has 0 amide bonds. The molecule has 1 unspecified atom stereocenters. The summed E-state index contributed by atoms with van der Waals surface area (Å²) in [5.74, 6) is 5.26. The van der Waals surface area contributed by atoms with Crippen molar-refractivity contribution in [2.45, 2.75) is 40.7 Å². The third-order valence-electron chi connectivity index (χ3n) is 1.50. The monoisotopic (exact) mass is 214 g/mol. The molecule has 0 aliphatic rings. The van der Waals surface area contributed by atoms with Gasteiger partial charge in [0.15, 0.2) is 0 Å². The topological polar surface area (TPSA) is 9.23 Å². The summed E-state index contributed by atoms with van der Waals surface area (Å²) in [6.45, 7) is 11.4. The Morgan fingerprint density at radius 3 is 2.29 bits per heavy atom. The van der Waals surface area contributed by atoms with Gasteiger partial charge in [0.05, 0.1) is 12.7 Å². The fourth-order valence-corrected chi connectivity index (χ4v) is 1.53. The molecule has 0 saturated carbocycles. The second-order valence-corrected chi connectivity index (χ2v) is 5.03. The lowest BCUT2D eigenvalue weighted by atomic mass is 10.2. The Bertz CT molecular complexity index is 188. The van der Waals surface area contributed by atoms with Gasteiger partial charge in [-0.1, -0.05) is 38.5 Å². The van der Waals surface area contributed by atoms with Crippen molar-refractivity contribution >= 4 is 11.8 Å². The zero-order chi connectivity index (χ0) is 11.0. The van der Waals surface area contributed by atoms with E-state index in [0.717, 1.165) is 12.4 Å². The van der Waals surface area contributed by atoms with Crippen molar-refractivity contribution < 1.29 is 4.74 Å². The molecule has 0 bridgehead atoms. The van der Waals surface area contributed by atoms with Crippen LogP contribution in [-0.2, 0) is 4.74 Å². The largest absolute Gasteiger partial charge is 0.378 e. The van der Waals surface area contributed by atoms with E-state index in [1.807, 2.05) is 0 Å². The molecule has 0 radical (unpaired) electrons. The predicted octanol–water partition coefficient (Wildman–Crippen LogP) is 3.40. The lowest BCUT2D eigenvalue weighted by Crippen LogP contribution is -2.12. The molecule has 0 aromatic carbocycles. The fraction of sp³-hybridized carbons (Fsp3) is 0.833. The number of ether oxygens (including phenoxy) is 1. The summed E-state index contributed by atoms with van der Waals surface area (Å²) in [6.07, 6.45) is 0.337. The smallest absolute Gasteiger partial charge is 0.0519 e. The van der Waals surface area contributed by atoms with Crippen LogP contribution < -0.4 is 0 Å². The van der Waals surface area contributed by atoms with Gasteiger partial charge in [-0.15, -0.1) is 0 Å². The highest BCUT2D eigenvalue weighted by atomic mass is 32.2. The number of hydrogen-bond acceptors (Lipinski definition) is 2. The molecular formula is C12H22OS. The average molecular weight is 214 g/mol. The van der Waals surface area contributed by atoms with E-state index < -0.39 is 0 Å². The van der Waals surface area contributed by atoms with Gasteiger partial charge in [0.25, 0.3) is 0 Å². The molecule has 1 atom stereocenters. The molecule has 2 heteroatoms. The van der Waals surface area contributed by atoms with E-state index in [4.69, 9.17) is 4.74 Å². The fourth-order valence-electron chi connectivity index (χ4n) is 0.748. The number of thioether (sulfide) groups is 1. The van der Waals surface area contributed by atoms with Gasteiger partial charge < -0.3 is 4.74 Å². The van der Waals surface area contributed by atoms with Crippen molar-refractivity contribution in [1.29, 1.82) is 0 Å². The van der Waals surface area contributed by atoms with E-state index >= 15 is 0 Å². The van der Waals surface area contributed by atoms with Crippen LogP contribution in [0.25, 0.3) is 0 Å². The van der Waals surface area contributed by atoms with Gasteiger partial charge in [-0.05, 0) is 25.0 Å². The van der Waals surface area contributed by atoms with Gasteiger partial charge >= 0.3 is 0 Å². The van der Waals surface area contributed by atoms with Crippen LogP contribution in [0.15, 0.2) is 0 Å². The van der Waals surface area contributed by atoms with E-state index in [2.05, 4.69) is 45.8 Å². The summed E-state index contributed by atoms with van der Waals surface area (Å²) in [5, 5.41) is 3.11. The first kappa shape index (κ1) is 13.9. The Morgan fingerprint density at radius 2 is 1.79 bits per heavy atom. The molecule has 0 rings (SSSR count). The van der Waals surface area contributed by atoms with E-state index in [0.29, 0.717) is 17.9 Å². The first-order chi connectivity index (χ1) is 6.52. The summed E-state index contributed by atoms with van der Waals surface area (Å²) in [7, 11) is 0. The lowest BCUT2D eigenvalue weighted by Gasteiger charge is -2.12. The standard InChI is InChI=1S/C12H22OS/c1-10(2)6-7-14-9-12(5)8-13-11(3)4/h10-12H,8-9H2,1-5H3. The van der Waals surface area contributed by atoms with Gasteiger partial charge in [-0.2, -0.15) is 0 Å². The van der Waals surface area contributed by atoms with Crippen LogP contribution in [0.2, 0.25) is 0 Å². The highest BCUT2D eigenvalue weighted by Crippen LogP contribution is 2.08. The molecule has 0 saturated heterocycles. The maximum Gasteiger partial charge on any atom is 0.0519 e. The zero-order valence-corrected chi connectivity index (χ0v) is 10.8. The van der Waals surface area contributed by atoms with Crippen molar-refractivity contribution in [3.05, 3.63) is 0 Å². The molecule has 0 N–H and O–H groups in total. The molecule has 0 aromatic rings.